The molecule has 6 rings (SSSR count). The van der Waals surface area contributed by atoms with Crippen LogP contribution in [0.25, 0.3) is 5.57 Å². The van der Waals surface area contributed by atoms with Gasteiger partial charge in [0.05, 0.1) is 0 Å². The molecule has 1 heterocycles. The molecular formula is C27H33NO. The van der Waals surface area contributed by atoms with Gasteiger partial charge in [-0.15, -0.1) is 0 Å². The monoisotopic (exact) mass is 387 g/mol. The van der Waals surface area contributed by atoms with Gasteiger partial charge in [0.25, 0.3) is 0 Å². The predicted octanol–water partition coefficient (Wildman–Crippen LogP) is 6.24. The zero-order chi connectivity index (χ0) is 19.8. The van der Waals surface area contributed by atoms with E-state index < -0.39 is 0 Å². The topological polar surface area (TPSA) is 30.0 Å². The predicted molar refractivity (Wildman–Crippen MR) is 116 cm³/mol. The molecule has 0 aromatic carbocycles. The summed E-state index contributed by atoms with van der Waals surface area (Å²) in [5, 5.41) is 0. The minimum absolute atomic E-state index is 0.266. The van der Waals surface area contributed by atoms with Gasteiger partial charge in [-0.3, -0.25) is 9.78 Å². The highest BCUT2D eigenvalue weighted by Crippen LogP contribution is 2.69. The quantitative estimate of drug-likeness (QED) is 0.601. The fraction of sp³-hybridized carbons (Fsp3) is 0.630. The Morgan fingerprint density at radius 3 is 2.69 bits per heavy atom. The highest BCUT2D eigenvalue weighted by Gasteiger charge is 2.60. The van der Waals surface area contributed by atoms with E-state index in [0.29, 0.717) is 17.1 Å². The van der Waals surface area contributed by atoms with Gasteiger partial charge in [0.15, 0.2) is 5.78 Å². The normalized spacial score (nSPS) is 43.7. The Morgan fingerprint density at radius 1 is 1.07 bits per heavy atom. The molecule has 29 heavy (non-hydrogen) atoms. The molecule has 2 nitrogen and oxygen atoms in total. The average Bonchev–Trinajstić information content (AvgIpc) is 3.50. The van der Waals surface area contributed by atoms with Crippen molar-refractivity contribution in [3.63, 3.8) is 0 Å². The maximum Gasteiger partial charge on any atom is 0.155 e. The molecule has 0 N–H and O–H groups in total. The van der Waals surface area contributed by atoms with E-state index in [-0.39, 0.29) is 5.41 Å². The van der Waals surface area contributed by atoms with Crippen LogP contribution in [0.2, 0.25) is 0 Å². The minimum Gasteiger partial charge on any atom is -0.295 e. The Labute approximate surface area is 174 Å². The zero-order valence-corrected chi connectivity index (χ0v) is 17.9. The second-order valence-electron chi connectivity index (χ2n) is 11.1. The lowest BCUT2D eigenvalue weighted by Gasteiger charge is -2.60. The number of hydrogen-bond donors (Lipinski definition) is 0. The van der Waals surface area contributed by atoms with Gasteiger partial charge in [-0.2, -0.15) is 0 Å². The zero-order valence-electron chi connectivity index (χ0n) is 17.9. The summed E-state index contributed by atoms with van der Waals surface area (Å²) in [5.41, 5.74) is 5.02. The highest BCUT2D eigenvalue weighted by molar-refractivity contribution is 5.91. The maximum atomic E-state index is 12.4. The summed E-state index contributed by atoms with van der Waals surface area (Å²) in [5.74, 6) is 4.25. The standard InChI is InChI=1S/C27H33NO/c1-26-12-10-24-21(23(26)8-7-22(26)18-4-3-13-28-16-18)15-20(17-5-6-17)25-14-19(29)9-11-27(24,25)2/h3-4,7,13-14,16-17,20-21,23-24H,5-6,8-12,15H2,1-2H3/t20?,21-,23-,24-,26+,27+/m0/s1. The molecule has 0 amide bonds. The van der Waals surface area contributed by atoms with Gasteiger partial charge < -0.3 is 0 Å². The molecule has 0 aliphatic heterocycles. The molecule has 2 heteroatoms. The van der Waals surface area contributed by atoms with Crippen LogP contribution in [0, 0.1) is 40.4 Å². The molecule has 5 aliphatic carbocycles. The van der Waals surface area contributed by atoms with E-state index in [4.69, 9.17) is 0 Å². The SMILES string of the molecule is C[C@]12CCC(=O)C=C1C(C1CC1)C[C@@H]1[C@@H]2CC[C@]2(C)C(c3cccnc3)=CC[C@@H]12. The molecule has 3 fully saturated rings. The Bertz CT molecular complexity index is 910. The van der Waals surface area contributed by atoms with Crippen LogP contribution in [0.5, 0.6) is 0 Å². The summed E-state index contributed by atoms with van der Waals surface area (Å²) in [6, 6.07) is 4.33. The minimum atomic E-state index is 0.266. The van der Waals surface area contributed by atoms with Crippen molar-refractivity contribution in [2.45, 2.75) is 65.2 Å². The van der Waals surface area contributed by atoms with Crippen molar-refractivity contribution in [3.8, 4) is 0 Å². The molecule has 1 unspecified atom stereocenters. The van der Waals surface area contributed by atoms with Gasteiger partial charge >= 0.3 is 0 Å². The maximum absolute atomic E-state index is 12.4. The Balaban J connectivity index is 1.38. The third kappa shape index (κ3) is 2.53. The number of hydrogen-bond acceptors (Lipinski definition) is 2. The number of ketones is 1. The fourth-order valence-electron chi connectivity index (χ4n) is 8.18. The number of aromatic nitrogens is 1. The van der Waals surface area contributed by atoms with Crippen molar-refractivity contribution < 1.29 is 4.79 Å². The highest BCUT2D eigenvalue weighted by atomic mass is 16.1. The molecule has 1 aromatic rings. The number of rotatable bonds is 2. The Kier molecular flexibility index (Phi) is 3.84. The average molecular weight is 388 g/mol. The van der Waals surface area contributed by atoms with Crippen LogP contribution in [0.15, 0.2) is 42.3 Å². The van der Waals surface area contributed by atoms with Crippen LogP contribution in [0.4, 0.5) is 0 Å². The summed E-state index contributed by atoms with van der Waals surface area (Å²) in [4.78, 5) is 16.8. The Morgan fingerprint density at radius 2 is 1.93 bits per heavy atom. The van der Waals surface area contributed by atoms with Gasteiger partial charge in [-0.05, 0) is 109 Å². The van der Waals surface area contributed by atoms with Crippen molar-refractivity contribution >= 4 is 11.4 Å². The van der Waals surface area contributed by atoms with E-state index >= 15 is 0 Å². The van der Waals surface area contributed by atoms with Gasteiger partial charge in [0.2, 0.25) is 0 Å². The third-order valence-corrected chi connectivity index (χ3v) is 9.79. The number of carbonyl (C=O) groups excluding carboxylic acids is 1. The molecule has 0 radical (unpaired) electrons. The summed E-state index contributed by atoms with van der Waals surface area (Å²) < 4.78 is 0. The lowest BCUT2D eigenvalue weighted by atomic mass is 9.44. The van der Waals surface area contributed by atoms with Gasteiger partial charge in [0, 0.05) is 18.8 Å². The van der Waals surface area contributed by atoms with Crippen molar-refractivity contribution in [1.82, 2.24) is 4.98 Å². The molecule has 0 spiro atoms. The first-order valence-electron chi connectivity index (χ1n) is 11.9. The lowest BCUT2D eigenvalue weighted by Crippen LogP contribution is -2.52. The van der Waals surface area contributed by atoms with E-state index in [1.54, 1.807) is 11.1 Å². The number of nitrogens with zero attached hydrogens (tertiary/aromatic N) is 1. The van der Waals surface area contributed by atoms with E-state index in [2.05, 4.69) is 49.3 Å². The number of fused-ring (bicyclic) bond motifs is 5. The molecule has 152 valence electrons. The van der Waals surface area contributed by atoms with Crippen molar-refractivity contribution in [3.05, 3.63) is 47.8 Å². The molecule has 5 aliphatic rings. The molecule has 6 atom stereocenters. The first-order chi connectivity index (χ1) is 14.0. The molecule has 0 saturated heterocycles. The van der Waals surface area contributed by atoms with Crippen LogP contribution in [-0.4, -0.2) is 10.8 Å². The largest absolute Gasteiger partial charge is 0.295 e. The molecule has 0 bridgehead atoms. The van der Waals surface area contributed by atoms with Crippen molar-refractivity contribution in [2.24, 2.45) is 40.4 Å². The summed E-state index contributed by atoms with van der Waals surface area (Å²) >= 11 is 0. The van der Waals surface area contributed by atoms with Gasteiger partial charge in [-0.1, -0.05) is 31.6 Å². The molecule has 3 saturated carbocycles. The number of pyridine rings is 1. The number of allylic oxidation sites excluding steroid dienone is 4. The van der Waals surface area contributed by atoms with E-state index in [0.717, 1.165) is 36.5 Å². The van der Waals surface area contributed by atoms with E-state index in [1.807, 2.05) is 6.20 Å². The molecule has 1 aromatic heterocycles. The van der Waals surface area contributed by atoms with Gasteiger partial charge in [-0.25, -0.2) is 0 Å². The fourth-order valence-corrected chi connectivity index (χ4v) is 8.18. The van der Waals surface area contributed by atoms with Crippen molar-refractivity contribution in [2.75, 3.05) is 0 Å². The first-order valence-corrected chi connectivity index (χ1v) is 11.9. The van der Waals surface area contributed by atoms with Crippen LogP contribution >= 0.6 is 0 Å². The first kappa shape index (κ1) is 18.1. The summed E-state index contributed by atoms with van der Waals surface area (Å²) in [7, 11) is 0. The summed E-state index contributed by atoms with van der Waals surface area (Å²) in [6.45, 7) is 5.08. The Hall–Kier alpha value is -1.70. The number of carbonyl (C=O) groups is 1. The summed E-state index contributed by atoms with van der Waals surface area (Å²) in [6.07, 6.45) is 18.4. The molecular weight excluding hydrogens is 354 g/mol. The lowest BCUT2D eigenvalue weighted by molar-refractivity contribution is -0.117. The van der Waals surface area contributed by atoms with Crippen LogP contribution in [0.3, 0.4) is 0 Å². The second-order valence-corrected chi connectivity index (χ2v) is 11.1. The second kappa shape index (κ2) is 6.15. The van der Waals surface area contributed by atoms with Crippen molar-refractivity contribution in [1.29, 1.82) is 0 Å². The van der Waals surface area contributed by atoms with Crippen LogP contribution in [-0.2, 0) is 4.79 Å². The van der Waals surface area contributed by atoms with Crippen LogP contribution in [0.1, 0.15) is 70.8 Å². The van der Waals surface area contributed by atoms with E-state index in [9.17, 15) is 4.79 Å². The third-order valence-electron chi connectivity index (χ3n) is 9.79. The smallest absolute Gasteiger partial charge is 0.155 e. The van der Waals surface area contributed by atoms with Gasteiger partial charge in [0.1, 0.15) is 0 Å². The van der Waals surface area contributed by atoms with E-state index in [1.165, 1.54) is 44.1 Å². The van der Waals surface area contributed by atoms with Crippen LogP contribution < -0.4 is 0 Å².